The summed E-state index contributed by atoms with van der Waals surface area (Å²) >= 11 is 0. The fourth-order valence-electron chi connectivity index (χ4n) is 7.99. The minimum atomic E-state index is 0.679. The fourth-order valence-corrected chi connectivity index (χ4v) is 7.99. The van der Waals surface area contributed by atoms with Gasteiger partial charge in [0, 0.05) is 44.9 Å². The lowest BCUT2D eigenvalue weighted by Crippen LogP contribution is -2.11. The van der Waals surface area contributed by atoms with Crippen molar-refractivity contribution in [1.82, 2.24) is 0 Å². The molecule has 7 aromatic carbocycles. The lowest BCUT2D eigenvalue weighted by Gasteiger charge is -2.27. The minimum Gasteiger partial charge on any atom is -0.456 e. The van der Waals surface area contributed by atoms with E-state index in [9.17, 15) is 0 Å². The van der Waals surface area contributed by atoms with Crippen molar-refractivity contribution >= 4 is 56.1 Å². The van der Waals surface area contributed by atoms with Gasteiger partial charge in [-0.15, -0.1) is 0 Å². The smallest absolute Gasteiger partial charge is 0.135 e. The highest BCUT2D eigenvalue weighted by Crippen LogP contribution is 2.41. The Morgan fingerprint density at radius 3 is 1.46 bits per heavy atom. The van der Waals surface area contributed by atoms with Crippen LogP contribution in [0.1, 0.15) is 54.7 Å². The molecule has 1 aromatic heterocycles. The largest absolute Gasteiger partial charge is 0.456 e. The van der Waals surface area contributed by atoms with Crippen LogP contribution < -0.4 is 9.80 Å². The summed E-state index contributed by atoms with van der Waals surface area (Å²) in [6.45, 7) is 0. The lowest BCUT2D eigenvalue weighted by molar-refractivity contribution is 0.443. The standard InChI is InChI=1S/C49H42N2O/c1-4-12-38(13-5-1)39-24-30-44(31-25-39)51(45-32-33-49-47(35-45)46-18-10-11-19-48(46)52-49)43-28-22-37(23-29-43)34-36-20-26-42(27-21-36)50(40-14-6-2-7-15-40)41-16-8-3-9-17-41/h2-3,6-11,14-33,35,38H,1,4-5,12-13,34H2. The monoisotopic (exact) mass is 674 g/mol. The van der Waals surface area contributed by atoms with E-state index in [1.165, 1.54) is 48.8 Å². The Labute approximate surface area is 306 Å². The van der Waals surface area contributed by atoms with Crippen LogP contribution in [-0.4, -0.2) is 0 Å². The van der Waals surface area contributed by atoms with Gasteiger partial charge in [0.1, 0.15) is 11.2 Å². The molecule has 8 aromatic rings. The predicted molar refractivity (Wildman–Crippen MR) is 218 cm³/mol. The van der Waals surface area contributed by atoms with Gasteiger partial charge in [0.25, 0.3) is 0 Å². The second-order valence-electron chi connectivity index (χ2n) is 14.1. The molecule has 1 heterocycles. The molecule has 3 nitrogen and oxygen atoms in total. The van der Waals surface area contributed by atoms with E-state index in [0.29, 0.717) is 5.92 Å². The molecule has 0 unspecified atom stereocenters. The summed E-state index contributed by atoms with van der Waals surface area (Å²) in [6.07, 6.45) is 7.52. The topological polar surface area (TPSA) is 19.6 Å². The number of para-hydroxylation sites is 3. The van der Waals surface area contributed by atoms with Crippen LogP contribution in [0.5, 0.6) is 0 Å². The second kappa shape index (κ2) is 14.3. The average molecular weight is 675 g/mol. The van der Waals surface area contributed by atoms with E-state index in [2.05, 4.69) is 174 Å². The first-order valence-corrected chi connectivity index (χ1v) is 18.7. The maximum absolute atomic E-state index is 6.20. The van der Waals surface area contributed by atoms with Gasteiger partial charge in [-0.05, 0) is 127 Å². The SMILES string of the molecule is c1ccc(N(c2ccccc2)c2ccc(Cc3ccc(N(c4ccc(C5CCCCC5)cc4)c4ccc5oc6ccccc6c5c4)cc3)cc2)cc1. The Balaban J connectivity index is 1.01. The molecule has 1 saturated carbocycles. The number of benzene rings is 7. The Kier molecular flexibility index (Phi) is 8.76. The van der Waals surface area contributed by atoms with E-state index < -0.39 is 0 Å². The number of hydrogen-bond acceptors (Lipinski definition) is 3. The van der Waals surface area contributed by atoms with Gasteiger partial charge < -0.3 is 14.2 Å². The number of nitrogens with zero attached hydrogens (tertiary/aromatic N) is 2. The summed E-state index contributed by atoms with van der Waals surface area (Å²) in [4.78, 5) is 4.69. The minimum absolute atomic E-state index is 0.679. The van der Waals surface area contributed by atoms with E-state index in [4.69, 9.17) is 4.42 Å². The zero-order valence-corrected chi connectivity index (χ0v) is 29.4. The number of furan rings is 1. The molecule has 0 N–H and O–H groups in total. The molecule has 0 saturated heterocycles. The Morgan fingerprint density at radius 2 is 0.865 bits per heavy atom. The van der Waals surface area contributed by atoms with Crippen LogP contribution in [0.2, 0.25) is 0 Å². The summed E-state index contributed by atoms with van der Waals surface area (Å²) in [5.74, 6) is 0.679. The highest BCUT2D eigenvalue weighted by atomic mass is 16.3. The van der Waals surface area contributed by atoms with Crippen molar-refractivity contribution in [3.05, 3.63) is 193 Å². The quantitative estimate of drug-likeness (QED) is 0.152. The molecule has 254 valence electrons. The van der Waals surface area contributed by atoms with Crippen molar-refractivity contribution in [2.75, 3.05) is 9.80 Å². The zero-order chi connectivity index (χ0) is 34.7. The summed E-state index contributed by atoms with van der Waals surface area (Å²) < 4.78 is 6.20. The molecule has 3 heteroatoms. The van der Waals surface area contributed by atoms with E-state index in [-0.39, 0.29) is 0 Å². The first kappa shape index (κ1) is 31.9. The van der Waals surface area contributed by atoms with Gasteiger partial charge in [-0.3, -0.25) is 0 Å². The van der Waals surface area contributed by atoms with Crippen molar-refractivity contribution in [3.63, 3.8) is 0 Å². The highest BCUT2D eigenvalue weighted by molar-refractivity contribution is 6.06. The molecule has 0 atom stereocenters. The van der Waals surface area contributed by atoms with Gasteiger partial charge in [-0.2, -0.15) is 0 Å². The molecule has 1 fully saturated rings. The molecular weight excluding hydrogens is 633 g/mol. The Morgan fingerprint density at radius 1 is 0.404 bits per heavy atom. The maximum Gasteiger partial charge on any atom is 0.135 e. The molecule has 0 spiro atoms. The van der Waals surface area contributed by atoms with Crippen molar-refractivity contribution < 1.29 is 4.42 Å². The zero-order valence-electron chi connectivity index (χ0n) is 29.4. The van der Waals surface area contributed by atoms with Crippen LogP contribution in [0.15, 0.2) is 180 Å². The number of hydrogen-bond donors (Lipinski definition) is 0. The fraction of sp³-hybridized carbons (Fsp3) is 0.143. The van der Waals surface area contributed by atoms with Gasteiger partial charge in [0.05, 0.1) is 0 Å². The third-order valence-corrected chi connectivity index (χ3v) is 10.7. The normalized spacial score (nSPS) is 13.4. The molecule has 0 bridgehead atoms. The predicted octanol–water partition coefficient (Wildman–Crippen LogP) is 14.2. The second-order valence-corrected chi connectivity index (χ2v) is 14.1. The van der Waals surface area contributed by atoms with Crippen molar-refractivity contribution in [2.24, 2.45) is 0 Å². The first-order valence-electron chi connectivity index (χ1n) is 18.7. The number of anilines is 6. The van der Waals surface area contributed by atoms with Gasteiger partial charge in [-0.1, -0.05) is 110 Å². The van der Waals surface area contributed by atoms with Gasteiger partial charge in [0.2, 0.25) is 0 Å². The highest BCUT2D eigenvalue weighted by Gasteiger charge is 2.19. The Hall–Kier alpha value is -6.06. The van der Waals surface area contributed by atoms with Crippen molar-refractivity contribution in [3.8, 4) is 0 Å². The van der Waals surface area contributed by atoms with Crippen LogP contribution in [0.4, 0.5) is 34.1 Å². The van der Waals surface area contributed by atoms with E-state index in [1.54, 1.807) is 0 Å². The summed E-state index contributed by atoms with van der Waals surface area (Å²) in [5.41, 5.74) is 12.7. The first-order chi connectivity index (χ1) is 25.8. The molecule has 9 rings (SSSR count). The molecular formula is C49H42N2O. The molecule has 1 aliphatic carbocycles. The maximum atomic E-state index is 6.20. The van der Waals surface area contributed by atoms with Crippen LogP contribution in [-0.2, 0) is 6.42 Å². The van der Waals surface area contributed by atoms with E-state index in [1.807, 2.05) is 12.1 Å². The molecule has 0 radical (unpaired) electrons. The van der Waals surface area contributed by atoms with E-state index in [0.717, 1.165) is 62.5 Å². The third-order valence-electron chi connectivity index (χ3n) is 10.7. The number of fused-ring (bicyclic) bond motifs is 3. The third kappa shape index (κ3) is 6.47. The Bertz CT molecular complexity index is 2350. The van der Waals surface area contributed by atoms with Crippen LogP contribution >= 0.6 is 0 Å². The molecule has 0 aliphatic heterocycles. The number of rotatable bonds is 9. The summed E-state index contributed by atoms with van der Waals surface area (Å²) in [7, 11) is 0. The van der Waals surface area contributed by atoms with Crippen LogP contribution in [0.3, 0.4) is 0 Å². The van der Waals surface area contributed by atoms with Gasteiger partial charge in [-0.25, -0.2) is 0 Å². The summed E-state index contributed by atoms with van der Waals surface area (Å²) in [6, 6.07) is 63.4. The van der Waals surface area contributed by atoms with Crippen LogP contribution in [0.25, 0.3) is 21.9 Å². The lowest BCUT2D eigenvalue weighted by atomic mass is 9.84. The van der Waals surface area contributed by atoms with Crippen LogP contribution in [0, 0.1) is 0 Å². The average Bonchev–Trinajstić information content (AvgIpc) is 3.59. The molecule has 1 aliphatic rings. The van der Waals surface area contributed by atoms with E-state index >= 15 is 0 Å². The summed E-state index contributed by atoms with van der Waals surface area (Å²) in [5, 5.41) is 2.28. The molecule has 0 amide bonds. The van der Waals surface area contributed by atoms with Gasteiger partial charge >= 0.3 is 0 Å². The van der Waals surface area contributed by atoms with Crippen molar-refractivity contribution in [2.45, 2.75) is 44.4 Å². The van der Waals surface area contributed by atoms with Gasteiger partial charge in [0.15, 0.2) is 0 Å². The van der Waals surface area contributed by atoms with Crippen molar-refractivity contribution in [1.29, 1.82) is 0 Å². The molecule has 52 heavy (non-hydrogen) atoms.